The van der Waals surface area contributed by atoms with E-state index in [1.165, 1.54) is 12.4 Å². The third-order valence-electron chi connectivity index (χ3n) is 2.98. The minimum absolute atomic E-state index is 0.275. The second-order valence-electron chi connectivity index (χ2n) is 4.30. The molecule has 3 N–H and O–H groups in total. The maximum Gasteiger partial charge on any atom is 0.257 e. The molecule has 0 saturated heterocycles. The Balaban J connectivity index is 1.98. The topological polar surface area (TPSA) is 80.9 Å². The molecule has 1 aromatic carbocycles. The maximum atomic E-state index is 12.2. The number of nitrogens with zero attached hydrogens (tertiary/aromatic N) is 2. The van der Waals surface area contributed by atoms with Crippen molar-refractivity contribution in [1.29, 1.82) is 0 Å². The lowest BCUT2D eigenvalue weighted by molar-refractivity contribution is 0.102. The molecule has 0 aliphatic heterocycles. The summed E-state index contributed by atoms with van der Waals surface area (Å²) < 4.78 is 0. The molecule has 0 atom stereocenters. The van der Waals surface area contributed by atoms with Crippen LogP contribution in [0.2, 0.25) is 0 Å². The number of fused-ring (bicyclic) bond motifs is 1. The van der Waals surface area contributed by atoms with Crippen LogP contribution in [0.1, 0.15) is 10.4 Å². The smallest absolute Gasteiger partial charge is 0.257 e. The molecule has 0 saturated carbocycles. The summed E-state index contributed by atoms with van der Waals surface area (Å²) >= 11 is 0. The van der Waals surface area contributed by atoms with Crippen LogP contribution in [0.15, 0.2) is 55.0 Å². The van der Waals surface area contributed by atoms with Gasteiger partial charge in [-0.2, -0.15) is 0 Å². The van der Waals surface area contributed by atoms with E-state index in [0.717, 1.165) is 10.9 Å². The highest BCUT2D eigenvalue weighted by Crippen LogP contribution is 2.21. The van der Waals surface area contributed by atoms with Crippen molar-refractivity contribution in [3.8, 4) is 0 Å². The molecule has 5 heteroatoms. The molecule has 0 aliphatic rings. The summed E-state index contributed by atoms with van der Waals surface area (Å²) in [7, 11) is 0. The summed E-state index contributed by atoms with van der Waals surface area (Å²) in [6.07, 6.45) is 4.68. The van der Waals surface area contributed by atoms with Crippen LogP contribution in [0.3, 0.4) is 0 Å². The van der Waals surface area contributed by atoms with Gasteiger partial charge in [-0.1, -0.05) is 18.2 Å². The summed E-state index contributed by atoms with van der Waals surface area (Å²) in [4.78, 5) is 20.4. The molecule has 0 bridgehead atoms. The summed E-state index contributed by atoms with van der Waals surface area (Å²) in [5, 5.41) is 3.80. The molecule has 0 unspecified atom stereocenters. The first kappa shape index (κ1) is 12.1. The molecular weight excluding hydrogens is 252 g/mol. The van der Waals surface area contributed by atoms with Crippen LogP contribution in [-0.2, 0) is 0 Å². The number of amides is 1. The van der Waals surface area contributed by atoms with Gasteiger partial charge < -0.3 is 11.1 Å². The summed E-state index contributed by atoms with van der Waals surface area (Å²) in [5.41, 5.74) is 7.89. The highest BCUT2D eigenvalue weighted by atomic mass is 16.1. The number of nitrogen functional groups attached to an aromatic ring is 1. The van der Waals surface area contributed by atoms with Crippen molar-refractivity contribution in [2.24, 2.45) is 0 Å². The Morgan fingerprint density at radius 2 is 1.95 bits per heavy atom. The molecule has 0 aliphatic carbocycles. The summed E-state index contributed by atoms with van der Waals surface area (Å²) in [6.45, 7) is 0. The average Bonchev–Trinajstić information content (AvgIpc) is 2.48. The summed E-state index contributed by atoms with van der Waals surface area (Å²) in [6, 6.07) is 11.0. The number of pyridine rings is 2. The van der Waals surface area contributed by atoms with Gasteiger partial charge in [-0.3, -0.25) is 14.8 Å². The van der Waals surface area contributed by atoms with E-state index in [-0.39, 0.29) is 5.91 Å². The fourth-order valence-corrected chi connectivity index (χ4v) is 2.01. The van der Waals surface area contributed by atoms with Gasteiger partial charge in [-0.25, -0.2) is 0 Å². The van der Waals surface area contributed by atoms with Crippen molar-refractivity contribution in [2.75, 3.05) is 11.1 Å². The van der Waals surface area contributed by atoms with Crippen molar-refractivity contribution in [3.05, 3.63) is 60.6 Å². The number of anilines is 2. The summed E-state index contributed by atoms with van der Waals surface area (Å²) in [5.74, 6) is -0.275. The first-order valence-electron chi connectivity index (χ1n) is 6.10. The second-order valence-corrected chi connectivity index (χ2v) is 4.30. The largest absolute Gasteiger partial charge is 0.397 e. The zero-order chi connectivity index (χ0) is 13.9. The fourth-order valence-electron chi connectivity index (χ4n) is 2.01. The van der Waals surface area contributed by atoms with Crippen LogP contribution in [0, 0.1) is 0 Å². The van der Waals surface area contributed by atoms with E-state index in [4.69, 9.17) is 5.73 Å². The Bertz CT molecular complexity index is 780. The van der Waals surface area contributed by atoms with Gasteiger partial charge in [0, 0.05) is 17.8 Å². The van der Waals surface area contributed by atoms with E-state index in [1.807, 2.05) is 30.3 Å². The standard InChI is InChI=1S/C15H12N4O/c16-12-9-17-8-6-11(12)15(20)19-13-5-1-3-10-4-2-7-18-14(10)13/h1-9H,16H2,(H,19,20). The van der Waals surface area contributed by atoms with Crippen LogP contribution < -0.4 is 11.1 Å². The molecule has 20 heavy (non-hydrogen) atoms. The Morgan fingerprint density at radius 1 is 1.10 bits per heavy atom. The Morgan fingerprint density at radius 3 is 2.80 bits per heavy atom. The maximum absolute atomic E-state index is 12.2. The van der Waals surface area contributed by atoms with E-state index >= 15 is 0 Å². The Hall–Kier alpha value is -2.95. The van der Waals surface area contributed by atoms with Crippen molar-refractivity contribution >= 4 is 28.2 Å². The minimum atomic E-state index is -0.275. The first-order valence-corrected chi connectivity index (χ1v) is 6.10. The van der Waals surface area contributed by atoms with E-state index in [0.29, 0.717) is 16.9 Å². The van der Waals surface area contributed by atoms with Gasteiger partial charge in [0.15, 0.2) is 0 Å². The third kappa shape index (κ3) is 2.16. The third-order valence-corrected chi connectivity index (χ3v) is 2.98. The van der Waals surface area contributed by atoms with E-state index in [2.05, 4.69) is 15.3 Å². The van der Waals surface area contributed by atoms with E-state index < -0.39 is 0 Å². The quantitative estimate of drug-likeness (QED) is 0.745. The number of carbonyl (C=O) groups excluding carboxylic acids is 1. The number of rotatable bonds is 2. The van der Waals surface area contributed by atoms with Crippen molar-refractivity contribution in [2.45, 2.75) is 0 Å². The minimum Gasteiger partial charge on any atom is -0.397 e. The lowest BCUT2D eigenvalue weighted by Crippen LogP contribution is -2.14. The number of hydrogen-bond acceptors (Lipinski definition) is 4. The number of nitrogens with one attached hydrogen (secondary N) is 1. The highest BCUT2D eigenvalue weighted by Gasteiger charge is 2.11. The molecule has 98 valence electrons. The number of hydrogen-bond donors (Lipinski definition) is 2. The van der Waals surface area contributed by atoms with Crippen LogP contribution in [-0.4, -0.2) is 15.9 Å². The normalized spacial score (nSPS) is 10.4. The first-order chi connectivity index (χ1) is 9.75. The lowest BCUT2D eigenvalue weighted by atomic mass is 10.1. The van der Waals surface area contributed by atoms with Gasteiger partial charge in [0.1, 0.15) is 0 Å². The SMILES string of the molecule is Nc1cnccc1C(=O)Nc1cccc2cccnc12. The molecular formula is C15H12N4O. The van der Waals surface area contributed by atoms with Crippen molar-refractivity contribution in [1.82, 2.24) is 9.97 Å². The second kappa shape index (κ2) is 4.97. The molecule has 5 nitrogen and oxygen atoms in total. The molecule has 2 aromatic heterocycles. The van der Waals surface area contributed by atoms with Gasteiger partial charge in [0.2, 0.25) is 0 Å². The predicted octanol–water partition coefficient (Wildman–Crippen LogP) is 2.46. The van der Waals surface area contributed by atoms with Gasteiger partial charge >= 0.3 is 0 Å². The molecule has 3 aromatic rings. The zero-order valence-electron chi connectivity index (χ0n) is 10.6. The highest BCUT2D eigenvalue weighted by molar-refractivity contribution is 6.10. The van der Waals surface area contributed by atoms with Gasteiger partial charge in [-0.05, 0) is 18.2 Å². The Labute approximate surface area is 115 Å². The molecule has 0 fully saturated rings. The molecule has 0 radical (unpaired) electrons. The monoisotopic (exact) mass is 264 g/mol. The van der Waals surface area contributed by atoms with Gasteiger partial charge in [0.25, 0.3) is 5.91 Å². The number of benzene rings is 1. The van der Waals surface area contributed by atoms with Crippen molar-refractivity contribution in [3.63, 3.8) is 0 Å². The van der Waals surface area contributed by atoms with Crippen LogP contribution in [0.4, 0.5) is 11.4 Å². The molecule has 1 amide bonds. The number of aromatic nitrogens is 2. The average molecular weight is 264 g/mol. The van der Waals surface area contributed by atoms with Gasteiger partial charge in [-0.15, -0.1) is 0 Å². The van der Waals surface area contributed by atoms with Crippen LogP contribution in [0.25, 0.3) is 10.9 Å². The molecule has 2 heterocycles. The fraction of sp³-hybridized carbons (Fsp3) is 0. The number of nitrogens with two attached hydrogens (primary N) is 1. The predicted molar refractivity (Wildman–Crippen MR) is 78.3 cm³/mol. The van der Waals surface area contributed by atoms with Crippen molar-refractivity contribution < 1.29 is 4.79 Å². The zero-order valence-corrected chi connectivity index (χ0v) is 10.6. The number of carbonyl (C=O) groups is 1. The molecule has 0 spiro atoms. The lowest BCUT2D eigenvalue weighted by Gasteiger charge is -2.09. The van der Waals surface area contributed by atoms with E-state index in [1.54, 1.807) is 12.3 Å². The van der Waals surface area contributed by atoms with Crippen LogP contribution >= 0.6 is 0 Å². The van der Waals surface area contributed by atoms with Crippen LogP contribution in [0.5, 0.6) is 0 Å². The number of para-hydroxylation sites is 1. The Kier molecular flexibility index (Phi) is 3.01. The van der Waals surface area contributed by atoms with Gasteiger partial charge in [0.05, 0.1) is 28.7 Å². The molecule has 3 rings (SSSR count). The van der Waals surface area contributed by atoms with E-state index in [9.17, 15) is 4.79 Å².